The summed E-state index contributed by atoms with van der Waals surface area (Å²) >= 11 is 0. The van der Waals surface area contributed by atoms with E-state index in [1.54, 1.807) is 7.11 Å². The average Bonchev–Trinajstić information content (AvgIpc) is 3.37. The van der Waals surface area contributed by atoms with E-state index >= 15 is 0 Å². The average molecular weight is 428 g/mol. The van der Waals surface area contributed by atoms with Gasteiger partial charge < -0.3 is 14.4 Å². The number of para-hydroxylation sites is 1. The van der Waals surface area contributed by atoms with Gasteiger partial charge in [-0.25, -0.2) is 4.68 Å². The summed E-state index contributed by atoms with van der Waals surface area (Å²) < 4.78 is 15.0. The maximum atomic E-state index is 6.98. The number of aromatic nitrogens is 2. The summed E-state index contributed by atoms with van der Waals surface area (Å²) in [5.74, 6) is 2.39. The number of ether oxygens (including phenoxy) is 2. The van der Waals surface area contributed by atoms with Gasteiger partial charge in [0.1, 0.15) is 0 Å². The first-order valence-electron chi connectivity index (χ1n) is 11.9. The van der Waals surface area contributed by atoms with Crippen LogP contribution in [-0.2, 0) is 24.7 Å². The number of hydrogen-bond donors (Lipinski definition) is 0. The van der Waals surface area contributed by atoms with Crippen LogP contribution in [-0.4, -0.2) is 41.4 Å². The normalized spacial score (nSPS) is 29.3. The van der Waals surface area contributed by atoms with Gasteiger partial charge in [0.15, 0.2) is 17.6 Å². The second kappa shape index (κ2) is 6.38. The van der Waals surface area contributed by atoms with Crippen molar-refractivity contribution in [3.05, 3.63) is 70.5 Å². The number of hydrogen-bond acceptors (Lipinski definition) is 4. The molecular formula is C27H29N3O2. The molecule has 0 saturated carbocycles. The highest BCUT2D eigenvalue weighted by Gasteiger charge is 2.65. The van der Waals surface area contributed by atoms with Crippen LogP contribution in [0.5, 0.6) is 11.5 Å². The van der Waals surface area contributed by atoms with Crippen LogP contribution in [0.4, 0.5) is 0 Å². The fourth-order valence-electron chi connectivity index (χ4n) is 7.33. The molecule has 5 nitrogen and oxygen atoms in total. The van der Waals surface area contributed by atoms with Gasteiger partial charge in [0.2, 0.25) is 0 Å². The first-order valence-corrected chi connectivity index (χ1v) is 11.9. The Balaban J connectivity index is 1.53. The third-order valence-electron chi connectivity index (χ3n) is 8.71. The van der Waals surface area contributed by atoms with E-state index < -0.39 is 0 Å². The quantitative estimate of drug-likeness (QED) is 0.627. The highest BCUT2D eigenvalue weighted by molar-refractivity contribution is 5.63. The van der Waals surface area contributed by atoms with Gasteiger partial charge in [-0.15, -0.1) is 0 Å². The van der Waals surface area contributed by atoms with Crippen molar-refractivity contribution in [3.63, 3.8) is 0 Å². The van der Waals surface area contributed by atoms with Gasteiger partial charge >= 0.3 is 0 Å². The molecule has 1 fully saturated rings. The lowest BCUT2D eigenvalue weighted by Gasteiger charge is -2.57. The fourth-order valence-corrected chi connectivity index (χ4v) is 7.33. The Labute approximate surface area is 188 Å². The molecule has 2 aliphatic carbocycles. The van der Waals surface area contributed by atoms with Crippen molar-refractivity contribution >= 4 is 0 Å². The van der Waals surface area contributed by atoms with E-state index in [9.17, 15) is 0 Å². The van der Waals surface area contributed by atoms with Gasteiger partial charge in [0, 0.05) is 22.6 Å². The van der Waals surface area contributed by atoms with E-state index in [0.717, 1.165) is 49.4 Å². The molecule has 2 aliphatic heterocycles. The number of aryl methyl sites for hydroxylation is 1. The molecule has 2 bridgehead atoms. The Morgan fingerprint density at radius 2 is 2.00 bits per heavy atom. The minimum Gasteiger partial charge on any atom is -0.493 e. The van der Waals surface area contributed by atoms with Crippen LogP contribution >= 0.6 is 0 Å². The minimum absolute atomic E-state index is 0.000785. The summed E-state index contributed by atoms with van der Waals surface area (Å²) in [7, 11) is 4.06. The van der Waals surface area contributed by atoms with Crippen molar-refractivity contribution in [2.75, 3.05) is 20.7 Å². The predicted octanol–water partition coefficient (Wildman–Crippen LogP) is 4.25. The third kappa shape index (κ3) is 2.11. The summed E-state index contributed by atoms with van der Waals surface area (Å²) in [6, 6.07) is 15.5. The van der Waals surface area contributed by atoms with Crippen molar-refractivity contribution in [1.29, 1.82) is 0 Å². The second-order valence-electron chi connectivity index (χ2n) is 9.89. The van der Waals surface area contributed by atoms with Crippen molar-refractivity contribution in [2.24, 2.45) is 5.92 Å². The summed E-state index contributed by atoms with van der Waals surface area (Å²) in [6.45, 7) is 3.33. The summed E-state index contributed by atoms with van der Waals surface area (Å²) in [5.41, 5.74) is 7.89. The lowest BCUT2D eigenvalue weighted by Crippen LogP contribution is -2.62. The van der Waals surface area contributed by atoms with Crippen LogP contribution in [0.15, 0.2) is 42.5 Å². The number of piperidine rings is 1. The van der Waals surface area contributed by atoms with Gasteiger partial charge in [-0.3, -0.25) is 0 Å². The number of fused-ring (bicyclic) bond motifs is 2. The van der Waals surface area contributed by atoms with E-state index in [-0.39, 0.29) is 11.5 Å². The number of benzene rings is 2. The first kappa shape index (κ1) is 18.8. The molecule has 0 amide bonds. The Bertz CT molecular complexity index is 1230. The molecule has 164 valence electrons. The maximum absolute atomic E-state index is 6.98. The standard InChI is InChI=1S/C27H29N3O2/c1-4-20-18-15-19-21-14-16-10-11-22(31-3)25-23(16)27(19,12-13-29(21)2)26(32-25)24(18)30(28-20)17-8-6-5-7-9-17/h5-11,19,21,26H,4,12-15H2,1-3H3/t19-,21-,26-,27-/m0/s1. The molecule has 1 saturated heterocycles. The first-order chi connectivity index (χ1) is 15.7. The van der Waals surface area contributed by atoms with E-state index in [0.29, 0.717) is 12.0 Å². The van der Waals surface area contributed by atoms with Gasteiger partial charge in [-0.1, -0.05) is 31.2 Å². The van der Waals surface area contributed by atoms with Crippen LogP contribution in [0.2, 0.25) is 0 Å². The number of likely N-dealkylation sites (N-methyl/N-ethyl adjacent to an activating group) is 1. The largest absolute Gasteiger partial charge is 0.493 e. The van der Waals surface area contributed by atoms with Crippen LogP contribution < -0.4 is 9.47 Å². The molecule has 0 radical (unpaired) electrons. The predicted molar refractivity (Wildman–Crippen MR) is 123 cm³/mol. The molecule has 1 aromatic heterocycles. The topological polar surface area (TPSA) is 39.5 Å². The zero-order valence-corrected chi connectivity index (χ0v) is 19.0. The number of nitrogens with zero attached hydrogens (tertiary/aromatic N) is 3. The molecule has 1 spiro atoms. The molecular weight excluding hydrogens is 398 g/mol. The lowest BCUT2D eigenvalue weighted by atomic mass is 9.51. The Kier molecular flexibility index (Phi) is 3.74. The van der Waals surface area contributed by atoms with E-state index in [1.165, 1.54) is 28.1 Å². The molecule has 7 rings (SSSR count). The lowest BCUT2D eigenvalue weighted by molar-refractivity contribution is -0.0265. The highest BCUT2D eigenvalue weighted by atomic mass is 16.5. The highest BCUT2D eigenvalue weighted by Crippen LogP contribution is 2.67. The number of likely N-dealkylation sites (tertiary alicyclic amines) is 1. The summed E-state index contributed by atoms with van der Waals surface area (Å²) in [6.07, 6.45) is 4.21. The Morgan fingerprint density at radius 1 is 1.16 bits per heavy atom. The maximum Gasteiger partial charge on any atom is 0.166 e. The van der Waals surface area contributed by atoms with E-state index in [4.69, 9.17) is 14.6 Å². The van der Waals surface area contributed by atoms with Crippen LogP contribution in [0.25, 0.3) is 5.69 Å². The molecule has 3 heterocycles. The van der Waals surface area contributed by atoms with Crippen molar-refractivity contribution in [1.82, 2.24) is 14.7 Å². The monoisotopic (exact) mass is 427 g/mol. The smallest absolute Gasteiger partial charge is 0.166 e. The molecule has 4 atom stereocenters. The second-order valence-corrected chi connectivity index (χ2v) is 9.89. The molecule has 2 aromatic carbocycles. The van der Waals surface area contributed by atoms with Gasteiger partial charge in [-0.05, 0) is 69.0 Å². The summed E-state index contributed by atoms with van der Waals surface area (Å²) in [4.78, 5) is 2.59. The number of rotatable bonds is 3. The van der Waals surface area contributed by atoms with Crippen LogP contribution in [0.1, 0.15) is 47.5 Å². The molecule has 5 heteroatoms. The van der Waals surface area contributed by atoms with Crippen LogP contribution in [0.3, 0.4) is 0 Å². The Hall–Kier alpha value is -2.79. The SMILES string of the molecule is CCc1nn(-c2ccccc2)c2c1C[C@H]1[C@@H]3Cc4ccc(OC)c5c4[C@@]1(CCN3C)[C@H]2O5. The van der Waals surface area contributed by atoms with Crippen molar-refractivity contribution < 1.29 is 9.47 Å². The minimum atomic E-state index is -0.0224. The van der Waals surface area contributed by atoms with Gasteiger partial charge in [0.25, 0.3) is 0 Å². The zero-order chi connectivity index (χ0) is 21.6. The molecule has 3 aromatic rings. The van der Waals surface area contributed by atoms with Gasteiger partial charge in [0.05, 0.1) is 24.2 Å². The van der Waals surface area contributed by atoms with Crippen molar-refractivity contribution in [3.8, 4) is 17.2 Å². The Morgan fingerprint density at radius 3 is 2.78 bits per heavy atom. The number of methoxy groups -OCH3 is 1. The van der Waals surface area contributed by atoms with E-state index in [1.807, 2.05) is 0 Å². The third-order valence-corrected chi connectivity index (χ3v) is 8.71. The van der Waals surface area contributed by atoms with E-state index in [2.05, 4.69) is 66.0 Å². The zero-order valence-electron chi connectivity index (χ0n) is 19.0. The molecule has 0 N–H and O–H groups in total. The fraction of sp³-hybridized carbons (Fsp3) is 0.444. The summed E-state index contributed by atoms with van der Waals surface area (Å²) in [5, 5.41) is 5.15. The molecule has 4 aliphatic rings. The van der Waals surface area contributed by atoms with Crippen molar-refractivity contribution in [2.45, 2.75) is 50.2 Å². The molecule has 0 unspecified atom stereocenters. The van der Waals surface area contributed by atoms with Crippen LogP contribution in [0, 0.1) is 5.92 Å². The van der Waals surface area contributed by atoms with Gasteiger partial charge in [-0.2, -0.15) is 5.10 Å². The molecule has 32 heavy (non-hydrogen) atoms.